The van der Waals surface area contributed by atoms with E-state index in [2.05, 4.69) is 43.7 Å². The van der Waals surface area contributed by atoms with Gasteiger partial charge in [-0.25, -0.2) is 15.0 Å². The van der Waals surface area contributed by atoms with E-state index in [1.165, 1.54) is 17.5 Å². The second kappa shape index (κ2) is 6.84. The summed E-state index contributed by atoms with van der Waals surface area (Å²) in [7, 11) is 2.03. The van der Waals surface area contributed by atoms with Gasteiger partial charge in [-0.3, -0.25) is 4.57 Å². The summed E-state index contributed by atoms with van der Waals surface area (Å²) in [5.41, 5.74) is 9.82. The molecule has 6 heteroatoms. The highest BCUT2D eigenvalue weighted by Crippen LogP contribution is 2.25. The average molecular weight is 344 g/mol. The number of nitrogens with zero attached hydrogens (tertiary/aromatic N) is 5. The number of hydrogen-bond donors (Lipinski definition) is 1. The third-order valence-corrected chi connectivity index (χ3v) is 4.33. The molecular formula is C20H20N6. The highest BCUT2D eigenvalue weighted by Gasteiger charge is 2.18. The number of aromatic nitrogens is 4. The molecule has 0 saturated heterocycles. The maximum atomic E-state index is 6.04. The fraction of sp³-hybridized carbons (Fsp3) is 0.150. The van der Waals surface area contributed by atoms with E-state index in [-0.39, 0.29) is 0 Å². The Morgan fingerprint density at radius 1 is 0.923 bits per heavy atom. The van der Waals surface area contributed by atoms with Crippen molar-refractivity contribution in [2.45, 2.75) is 13.1 Å². The van der Waals surface area contributed by atoms with Crippen LogP contribution in [0.15, 0.2) is 67.0 Å². The molecule has 0 bridgehead atoms. The fourth-order valence-electron chi connectivity index (χ4n) is 3.07. The zero-order chi connectivity index (χ0) is 17.9. The van der Waals surface area contributed by atoms with Crippen molar-refractivity contribution in [2.24, 2.45) is 0 Å². The second-order valence-corrected chi connectivity index (χ2v) is 6.26. The minimum atomic E-state index is 0.399. The van der Waals surface area contributed by atoms with Gasteiger partial charge in [-0.2, -0.15) is 0 Å². The molecule has 26 heavy (non-hydrogen) atoms. The van der Waals surface area contributed by atoms with Gasteiger partial charge in [-0.1, -0.05) is 60.7 Å². The van der Waals surface area contributed by atoms with Gasteiger partial charge < -0.3 is 10.6 Å². The maximum Gasteiger partial charge on any atom is 0.208 e. The van der Waals surface area contributed by atoms with Gasteiger partial charge in [0.2, 0.25) is 5.95 Å². The minimum absolute atomic E-state index is 0.399. The third kappa shape index (κ3) is 3.09. The molecule has 2 aromatic carbocycles. The summed E-state index contributed by atoms with van der Waals surface area (Å²) in [6.45, 7) is 1.41. The van der Waals surface area contributed by atoms with Crippen LogP contribution < -0.4 is 10.6 Å². The number of nitrogens with two attached hydrogens (primary N) is 1. The Kier molecular flexibility index (Phi) is 4.23. The van der Waals surface area contributed by atoms with Crippen molar-refractivity contribution in [1.29, 1.82) is 0 Å². The van der Waals surface area contributed by atoms with Crippen LogP contribution in [-0.4, -0.2) is 26.6 Å². The first-order valence-electron chi connectivity index (χ1n) is 8.48. The van der Waals surface area contributed by atoms with Crippen LogP contribution in [0.1, 0.15) is 11.1 Å². The van der Waals surface area contributed by atoms with Crippen LogP contribution in [0.25, 0.3) is 11.2 Å². The van der Waals surface area contributed by atoms with E-state index in [0.717, 1.165) is 18.1 Å². The molecule has 0 atom stereocenters. The van der Waals surface area contributed by atoms with E-state index in [1.807, 2.05) is 43.4 Å². The van der Waals surface area contributed by atoms with Crippen LogP contribution in [-0.2, 0) is 13.1 Å². The molecule has 4 rings (SSSR count). The van der Waals surface area contributed by atoms with Gasteiger partial charge >= 0.3 is 0 Å². The molecule has 0 unspecified atom stereocenters. The average Bonchev–Trinajstić information content (AvgIpc) is 3.04. The van der Waals surface area contributed by atoms with Crippen molar-refractivity contribution >= 4 is 22.9 Å². The van der Waals surface area contributed by atoms with E-state index < -0.39 is 0 Å². The Morgan fingerprint density at radius 2 is 1.58 bits per heavy atom. The summed E-state index contributed by atoms with van der Waals surface area (Å²) in [5, 5.41) is 0. The van der Waals surface area contributed by atoms with Crippen molar-refractivity contribution in [2.75, 3.05) is 17.7 Å². The molecule has 130 valence electrons. The molecule has 0 aliphatic heterocycles. The molecule has 4 aromatic rings. The van der Waals surface area contributed by atoms with E-state index in [4.69, 9.17) is 10.7 Å². The lowest BCUT2D eigenvalue weighted by Gasteiger charge is -2.20. The molecule has 0 aliphatic rings. The molecule has 2 aromatic heterocycles. The van der Waals surface area contributed by atoms with Crippen LogP contribution >= 0.6 is 0 Å². The Morgan fingerprint density at radius 3 is 2.27 bits per heavy atom. The standard InChI is InChI=1S/C20H20N6/c1-25(12-15-8-4-2-5-9-15)20-24-17-18(21)22-14-23-19(17)26(20)13-16-10-6-3-7-11-16/h2-11,14H,12-13H2,1H3,(H2,21,22,23). The first kappa shape index (κ1) is 16.1. The van der Waals surface area contributed by atoms with Gasteiger partial charge in [0, 0.05) is 13.6 Å². The van der Waals surface area contributed by atoms with E-state index in [0.29, 0.717) is 17.9 Å². The molecule has 0 spiro atoms. The highest BCUT2D eigenvalue weighted by atomic mass is 15.3. The number of benzene rings is 2. The third-order valence-electron chi connectivity index (χ3n) is 4.33. The lowest BCUT2D eigenvalue weighted by Crippen LogP contribution is -2.21. The Bertz CT molecular complexity index is 1010. The predicted molar refractivity (Wildman–Crippen MR) is 104 cm³/mol. The Labute approximate surface area is 151 Å². The SMILES string of the molecule is CN(Cc1ccccc1)c1nc2c(N)ncnc2n1Cc1ccccc1. The molecule has 0 saturated carbocycles. The number of rotatable bonds is 5. The van der Waals surface area contributed by atoms with E-state index >= 15 is 0 Å². The summed E-state index contributed by atoms with van der Waals surface area (Å²) < 4.78 is 2.09. The first-order valence-corrected chi connectivity index (χ1v) is 8.48. The number of anilines is 2. The number of hydrogen-bond acceptors (Lipinski definition) is 5. The van der Waals surface area contributed by atoms with Gasteiger partial charge in [0.1, 0.15) is 6.33 Å². The molecule has 0 radical (unpaired) electrons. The van der Waals surface area contributed by atoms with Crippen molar-refractivity contribution < 1.29 is 0 Å². The first-order chi connectivity index (χ1) is 12.7. The van der Waals surface area contributed by atoms with Crippen molar-refractivity contribution in [3.8, 4) is 0 Å². The monoisotopic (exact) mass is 344 g/mol. The molecule has 2 heterocycles. The van der Waals surface area contributed by atoms with Gasteiger partial charge in [-0.15, -0.1) is 0 Å². The van der Waals surface area contributed by atoms with Crippen LogP contribution in [0.5, 0.6) is 0 Å². The predicted octanol–water partition coefficient (Wildman–Crippen LogP) is 3.09. The zero-order valence-corrected chi connectivity index (χ0v) is 14.6. The minimum Gasteiger partial charge on any atom is -0.382 e. The summed E-state index contributed by atoms with van der Waals surface area (Å²) in [4.78, 5) is 15.4. The maximum absolute atomic E-state index is 6.04. The summed E-state index contributed by atoms with van der Waals surface area (Å²) >= 11 is 0. The van der Waals surface area contributed by atoms with Crippen LogP contribution in [0.3, 0.4) is 0 Å². The van der Waals surface area contributed by atoms with Crippen LogP contribution in [0.4, 0.5) is 11.8 Å². The molecular weight excluding hydrogens is 324 g/mol. The Balaban J connectivity index is 1.77. The van der Waals surface area contributed by atoms with Crippen molar-refractivity contribution in [3.05, 3.63) is 78.1 Å². The molecule has 0 amide bonds. The molecule has 6 nitrogen and oxygen atoms in total. The Hall–Kier alpha value is -3.41. The van der Waals surface area contributed by atoms with Crippen molar-refractivity contribution in [1.82, 2.24) is 19.5 Å². The second-order valence-electron chi connectivity index (χ2n) is 6.26. The van der Waals surface area contributed by atoms with Gasteiger partial charge in [0.25, 0.3) is 0 Å². The van der Waals surface area contributed by atoms with Crippen molar-refractivity contribution in [3.63, 3.8) is 0 Å². The largest absolute Gasteiger partial charge is 0.382 e. The van der Waals surface area contributed by atoms with Gasteiger partial charge in [-0.05, 0) is 11.1 Å². The number of imidazole rings is 1. The number of nitrogen functional groups attached to an aromatic ring is 1. The highest BCUT2D eigenvalue weighted by molar-refractivity contribution is 5.84. The zero-order valence-electron chi connectivity index (χ0n) is 14.6. The topological polar surface area (TPSA) is 72.9 Å². The summed E-state index contributed by atoms with van der Waals surface area (Å²) in [5.74, 6) is 1.22. The molecule has 0 fully saturated rings. The number of fused-ring (bicyclic) bond motifs is 1. The quantitative estimate of drug-likeness (QED) is 0.602. The molecule has 2 N–H and O–H groups in total. The van der Waals surface area contributed by atoms with Crippen LogP contribution in [0, 0.1) is 0 Å². The van der Waals surface area contributed by atoms with E-state index in [1.54, 1.807) is 0 Å². The van der Waals surface area contributed by atoms with E-state index in [9.17, 15) is 0 Å². The lowest BCUT2D eigenvalue weighted by molar-refractivity contribution is 0.760. The van der Waals surface area contributed by atoms with Crippen LogP contribution in [0.2, 0.25) is 0 Å². The fourth-order valence-corrected chi connectivity index (χ4v) is 3.07. The summed E-state index contributed by atoms with van der Waals surface area (Å²) in [6, 6.07) is 20.6. The smallest absolute Gasteiger partial charge is 0.208 e. The summed E-state index contributed by atoms with van der Waals surface area (Å²) in [6.07, 6.45) is 1.49. The van der Waals surface area contributed by atoms with Gasteiger partial charge in [0.05, 0.1) is 6.54 Å². The lowest BCUT2D eigenvalue weighted by atomic mass is 10.2. The van der Waals surface area contributed by atoms with Gasteiger partial charge in [0.15, 0.2) is 17.0 Å². The normalized spacial score (nSPS) is 11.0. The molecule has 0 aliphatic carbocycles.